The fourth-order valence-electron chi connectivity index (χ4n) is 3.84. The van der Waals surface area contributed by atoms with Gasteiger partial charge in [-0.05, 0) is 18.9 Å². The Morgan fingerprint density at radius 3 is 2.92 bits per heavy atom. The summed E-state index contributed by atoms with van der Waals surface area (Å²) in [7, 11) is 1.75. The zero-order valence-electron chi connectivity index (χ0n) is 14.6. The molecule has 1 amide bonds. The van der Waals surface area contributed by atoms with E-state index in [9.17, 15) is 9.90 Å². The highest BCUT2D eigenvalue weighted by atomic mass is 16.3. The van der Waals surface area contributed by atoms with Crippen molar-refractivity contribution in [2.45, 2.75) is 43.9 Å². The van der Waals surface area contributed by atoms with Crippen molar-refractivity contribution in [3.63, 3.8) is 0 Å². The van der Waals surface area contributed by atoms with Gasteiger partial charge in [-0.1, -0.05) is 12.8 Å². The maximum Gasteiger partial charge on any atom is 0.259 e. The van der Waals surface area contributed by atoms with E-state index < -0.39 is 6.10 Å². The number of carbonyl (C=O) groups is 1. The third kappa shape index (κ3) is 2.86. The van der Waals surface area contributed by atoms with Crippen LogP contribution in [-0.4, -0.2) is 59.3 Å². The number of nitrogens with zero attached hydrogens (tertiary/aromatic N) is 6. The third-order valence-corrected chi connectivity index (χ3v) is 5.27. The maximum absolute atomic E-state index is 13.1. The molecule has 8 heteroatoms. The lowest BCUT2D eigenvalue weighted by Crippen LogP contribution is -2.47. The van der Waals surface area contributed by atoms with Crippen molar-refractivity contribution < 1.29 is 9.90 Å². The average Bonchev–Trinajstić information content (AvgIpc) is 3.29. The van der Waals surface area contributed by atoms with Crippen molar-refractivity contribution in [2.24, 2.45) is 0 Å². The number of imidazole rings is 1. The summed E-state index contributed by atoms with van der Waals surface area (Å²) in [6.07, 6.45) is 13.2. The van der Waals surface area contributed by atoms with Gasteiger partial charge in [-0.15, -0.1) is 0 Å². The minimum atomic E-state index is -0.657. The molecule has 0 radical (unpaired) electrons. The molecule has 4 rings (SSSR count). The summed E-state index contributed by atoms with van der Waals surface area (Å²) in [6.45, 7) is 0. The Kier molecular flexibility index (Phi) is 4.42. The van der Waals surface area contributed by atoms with Gasteiger partial charge in [0, 0.05) is 31.8 Å². The molecule has 0 saturated heterocycles. The van der Waals surface area contributed by atoms with Crippen molar-refractivity contribution in [1.29, 1.82) is 0 Å². The van der Waals surface area contributed by atoms with Gasteiger partial charge >= 0.3 is 0 Å². The fourth-order valence-corrected chi connectivity index (χ4v) is 3.84. The Labute approximate surface area is 151 Å². The molecule has 8 nitrogen and oxygen atoms in total. The molecule has 3 heterocycles. The van der Waals surface area contributed by atoms with Crippen LogP contribution in [0.15, 0.2) is 43.4 Å². The molecule has 0 aliphatic heterocycles. The number of hydrogen-bond donors (Lipinski definition) is 1. The van der Waals surface area contributed by atoms with Crippen LogP contribution in [0.5, 0.6) is 0 Å². The average molecular weight is 354 g/mol. The smallest absolute Gasteiger partial charge is 0.259 e. The lowest BCUT2D eigenvalue weighted by molar-refractivity contribution is 0.0229. The van der Waals surface area contributed by atoms with Crippen LogP contribution in [0.3, 0.4) is 0 Å². The van der Waals surface area contributed by atoms with Gasteiger partial charge in [0.1, 0.15) is 5.56 Å². The Morgan fingerprint density at radius 2 is 2.12 bits per heavy atom. The monoisotopic (exact) mass is 354 g/mol. The highest BCUT2D eigenvalue weighted by Crippen LogP contribution is 2.31. The summed E-state index contributed by atoms with van der Waals surface area (Å²) in [4.78, 5) is 23.1. The summed E-state index contributed by atoms with van der Waals surface area (Å²) < 4.78 is 3.52. The molecule has 3 aromatic rings. The van der Waals surface area contributed by atoms with E-state index in [1.807, 2.05) is 10.8 Å². The molecule has 3 aromatic heterocycles. The second-order valence-electron chi connectivity index (χ2n) is 6.78. The van der Waals surface area contributed by atoms with Crippen molar-refractivity contribution in [3.05, 3.63) is 48.9 Å². The van der Waals surface area contributed by atoms with Crippen LogP contribution in [-0.2, 0) is 0 Å². The third-order valence-electron chi connectivity index (χ3n) is 5.27. The number of rotatable bonds is 3. The van der Waals surface area contributed by atoms with Crippen LogP contribution in [0, 0.1) is 0 Å². The largest absolute Gasteiger partial charge is 0.389 e. The topological polar surface area (TPSA) is 88.5 Å². The van der Waals surface area contributed by atoms with Crippen LogP contribution in [0.25, 0.3) is 5.65 Å². The highest BCUT2D eigenvalue weighted by molar-refractivity contribution is 5.99. The molecule has 1 saturated carbocycles. The van der Waals surface area contributed by atoms with Crippen molar-refractivity contribution >= 4 is 11.6 Å². The molecule has 0 bridgehead atoms. The van der Waals surface area contributed by atoms with Gasteiger partial charge in [0.15, 0.2) is 5.65 Å². The van der Waals surface area contributed by atoms with Crippen LogP contribution in [0.4, 0.5) is 0 Å². The van der Waals surface area contributed by atoms with Gasteiger partial charge in [0.05, 0.1) is 30.7 Å². The summed E-state index contributed by atoms with van der Waals surface area (Å²) in [6, 6.07) is 1.42. The van der Waals surface area contributed by atoms with Gasteiger partial charge in [-0.25, -0.2) is 14.5 Å². The number of fused-ring (bicyclic) bond motifs is 1. The normalized spacial score (nSPS) is 23.7. The number of aliphatic hydroxyl groups is 1. The quantitative estimate of drug-likeness (QED) is 0.721. The van der Waals surface area contributed by atoms with Gasteiger partial charge in [0.25, 0.3) is 5.91 Å². The van der Waals surface area contributed by atoms with Gasteiger partial charge in [0.2, 0.25) is 0 Å². The molecular formula is C18H22N6O2. The Morgan fingerprint density at radius 1 is 1.27 bits per heavy atom. The number of amides is 1. The lowest BCUT2D eigenvalue weighted by Gasteiger charge is -2.34. The van der Waals surface area contributed by atoms with E-state index in [0.717, 1.165) is 25.7 Å². The number of hydrogen-bond acceptors (Lipinski definition) is 5. The molecule has 1 aliphatic carbocycles. The van der Waals surface area contributed by atoms with Crippen molar-refractivity contribution in [1.82, 2.24) is 29.0 Å². The standard InChI is InChI=1S/C18H22N6O2/c1-22(18(26)13-11-21-24-9-4-7-20-17(13)24)14-5-2-3-6-15(16(14)25)23-10-8-19-12-23/h4,7-12,14-16,25H,2-3,5-6H2,1H3/t14-,15-,16-/m1/s1. The second kappa shape index (κ2) is 6.87. The van der Waals surface area contributed by atoms with Crippen molar-refractivity contribution in [3.8, 4) is 0 Å². The number of carbonyl (C=O) groups excluding carboxylic acids is 1. The number of likely N-dealkylation sites (N-methyl/N-ethyl adjacent to an activating group) is 1. The number of aromatic nitrogens is 5. The van der Waals surface area contributed by atoms with Gasteiger partial charge in [-0.3, -0.25) is 4.79 Å². The van der Waals surface area contributed by atoms with E-state index in [0.29, 0.717) is 11.2 Å². The molecule has 136 valence electrons. The predicted octanol–water partition coefficient (Wildman–Crippen LogP) is 1.54. The Bertz CT molecular complexity index is 890. The highest BCUT2D eigenvalue weighted by Gasteiger charge is 2.36. The van der Waals surface area contributed by atoms with E-state index >= 15 is 0 Å². The molecular weight excluding hydrogens is 332 g/mol. The minimum Gasteiger partial charge on any atom is -0.389 e. The predicted molar refractivity (Wildman–Crippen MR) is 94.6 cm³/mol. The summed E-state index contributed by atoms with van der Waals surface area (Å²) in [5.74, 6) is -0.172. The summed E-state index contributed by atoms with van der Waals surface area (Å²) in [5, 5.41) is 15.2. The molecule has 0 unspecified atom stereocenters. The number of aliphatic hydroxyl groups excluding tert-OH is 1. The first-order valence-corrected chi connectivity index (χ1v) is 8.88. The zero-order valence-corrected chi connectivity index (χ0v) is 14.6. The summed E-state index contributed by atoms with van der Waals surface area (Å²) >= 11 is 0. The SMILES string of the molecule is CN(C(=O)c1cnn2cccnc12)[C@@H]1CCCC[C@@H](n2ccnc2)[C@@H]1O. The van der Waals surface area contributed by atoms with E-state index in [2.05, 4.69) is 15.1 Å². The molecule has 3 atom stereocenters. The lowest BCUT2D eigenvalue weighted by atomic mass is 9.99. The summed E-state index contributed by atoms with van der Waals surface area (Å²) in [5.41, 5.74) is 0.974. The van der Waals surface area contributed by atoms with Crippen LogP contribution >= 0.6 is 0 Å². The molecule has 26 heavy (non-hydrogen) atoms. The van der Waals surface area contributed by atoms with Gasteiger partial charge in [-0.2, -0.15) is 5.10 Å². The minimum absolute atomic E-state index is 0.0812. The van der Waals surface area contributed by atoms with Crippen LogP contribution in [0.1, 0.15) is 42.1 Å². The first-order valence-electron chi connectivity index (χ1n) is 8.88. The molecule has 1 N–H and O–H groups in total. The maximum atomic E-state index is 13.1. The zero-order chi connectivity index (χ0) is 18.1. The van der Waals surface area contributed by atoms with Crippen LogP contribution < -0.4 is 0 Å². The van der Waals surface area contributed by atoms with E-state index in [4.69, 9.17) is 0 Å². The second-order valence-corrected chi connectivity index (χ2v) is 6.78. The van der Waals surface area contributed by atoms with Crippen molar-refractivity contribution in [2.75, 3.05) is 7.05 Å². The molecule has 0 aromatic carbocycles. The fraction of sp³-hybridized carbons (Fsp3) is 0.444. The Balaban J connectivity index is 1.61. The van der Waals surface area contributed by atoms with Crippen LogP contribution in [0.2, 0.25) is 0 Å². The first-order chi connectivity index (χ1) is 12.7. The first kappa shape index (κ1) is 16.7. The molecule has 1 fully saturated rings. The molecule has 1 aliphatic rings. The van der Waals surface area contributed by atoms with E-state index in [1.54, 1.807) is 47.4 Å². The van der Waals surface area contributed by atoms with E-state index in [-0.39, 0.29) is 18.0 Å². The Hall–Kier alpha value is -2.74. The molecule has 0 spiro atoms. The van der Waals surface area contributed by atoms with Gasteiger partial charge < -0.3 is 14.6 Å². The van der Waals surface area contributed by atoms with E-state index in [1.165, 1.54) is 6.20 Å².